The number of dihydropyridines is 1. The van der Waals surface area contributed by atoms with E-state index < -0.39 is 0 Å². The highest BCUT2D eigenvalue weighted by molar-refractivity contribution is 6.15. The molecule has 1 aromatic heterocycles. The molecule has 8 nitrogen and oxygen atoms in total. The minimum Gasteiger partial charge on any atom is -0.475 e. The molecule has 1 aliphatic carbocycles. The maximum atomic E-state index is 8.77. The molecule has 1 atom stereocenters. The first-order valence-corrected chi connectivity index (χ1v) is 11.6. The van der Waals surface area contributed by atoms with E-state index in [0.29, 0.717) is 28.9 Å². The Labute approximate surface area is 191 Å². The number of nitrogens with two attached hydrogens (primary N) is 1. The highest BCUT2D eigenvalue weighted by Gasteiger charge is 2.32. The van der Waals surface area contributed by atoms with Crippen LogP contribution in [0.25, 0.3) is 0 Å². The summed E-state index contributed by atoms with van der Waals surface area (Å²) in [5.41, 5.74) is 8.51. The summed E-state index contributed by atoms with van der Waals surface area (Å²) in [6.45, 7) is 9.24. The number of methoxy groups -OCH3 is 1. The fourth-order valence-corrected chi connectivity index (χ4v) is 4.62. The Bertz CT molecular complexity index is 869. The van der Waals surface area contributed by atoms with E-state index in [1.54, 1.807) is 12.3 Å². The van der Waals surface area contributed by atoms with Gasteiger partial charge in [0, 0.05) is 57.0 Å². The summed E-state index contributed by atoms with van der Waals surface area (Å²) in [5.74, 6) is 1.27. The number of rotatable bonds is 8. The fourth-order valence-electron chi connectivity index (χ4n) is 4.62. The van der Waals surface area contributed by atoms with Gasteiger partial charge in [0.05, 0.1) is 36.0 Å². The van der Waals surface area contributed by atoms with Crippen molar-refractivity contribution in [1.82, 2.24) is 20.1 Å². The third-order valence-electron chi connectivity index (χ3n) is 6.53. The van der Waals surface area contributed by atoms with Crippen LogP contribution in [0.4, 0.5) is 5.69 Å². The van der Waals surface area contributed by atoms with Crippen LogP contribution in [0.3, 0.4) is 0 Å². The summed E-state index contributed by atoms with van der Waals surface area (Å²) in [6.07, 6.45) is 10.5. The highest BCUT2D eigenvalue weighted by atomic mass is 16.5. The van der Waals surface area contributed by atoms with Gasteiger partial charge in [-0.15, -0.1) is 0 Å². The second-order valence-corrected chi connectivity index (χ2v) is 9.25. The predicted molar refractivity (Wildman–Crippen MR) is 127 cm³/mol. The minimum absolute atomic E-state index is 0.0138. The van der Waals surface area contributed by atoms with Gasteiger partial charge in [0.15, 0.2) is 0 Å². The molecule has 3 aliphatic rings. The van der Waals surface area contributed by atoms with E-state index in [1.165, 1.54) is 19.4 Å². The molecule has 2 aliphatic heterocycles. The molecule has 8 heteroatoms. The number of hydrogen-bond donors (Lipinski definition) is 3. The average Bonchev–Trinajstić information content (AvgIpc) is 2.77. The first kappa shape index (κ1) is 22.8. The number of ether oxygens (including phenoxy) is 2. The van der Waals surface area contributed by atoms with E-state index in [1.807, 2.05) is 33.2 Å². The molecular weight excluding hydrogens is 404 g/mol. The van der Waals surface area contributed by atoms with E-state index in [9.17, 15) is 0 Å². The van der Waals surface area contributed by atoms with E-state index in [2.05, 4.69) is 26.2 Å². The molecule has 0 amide bonds. The zero-order chi connectivity index (χ0) is 22.7. The van der Waals surface area contributed by atoms with Crippen molar-refractivity contribution in [2.24, 2.45) is 5.92 Å². The van der Waals surface area contributed by atoms with Crippen molar-refractivity contribution in [1.29, 1.82) is 5.41 Å². The number of hydrogen-bond acceptors (Lipinski definition) is 8. The summed E-state index contributed by atoms with van der Waals surface area (Å²) in [5, 5.41) is 12.2. The summed E-state index contributed by atoms with van der Waals surface area (Å²) in [6, 6.07) is 1.76. The second kappa shape index (κ2) is 10.0. The van der Waals surface area contributed by atoms with Crippen molar-refractivity contribution >= 4 is 11.4 Å². The molecule has 174 valence electrons. The minimum atomic E-state index is 0.0138. The lowest BCUT2D eigenvalue weighted by molar-refractivity contribution is -0.0173. The Kier molecular flexibility index (Phi) is 7.13. The monoisotopic (exact) mass is 440 g/mol. The third-order valence-corrected chi connectivity index (χ3v) is 6.53. The number of anilines is 1. The summed E-state index contributed by atoms with van der Waals surface area (Å²) >= 11 is 0. The first-order chi connectivity index (χ1) is 15.4. The van der Waals surface area contributed by atoms with Crippen LogP contribution in [0, 0.1) is 11.3 Å². The first-order valence-electron chi connectivity index (χ1n) is 11.6. The molecular formula is C24H36N6O2. The maximum absolute atomic E-state index is 8.77. The molecule has 0 aromatic carbocycles. The fraction of sp³-hybridized carbons (Fsp3) is 0.583. The standard InChI is InChI=1S/C24H36N6O2/c1-16(2)32-23-13-20(21(25)14-28-23)24(26)18-4-5-27-22(12-18)30-8-6-29(7-9-30)15-17-10-19(11-17)31-3/h4-5,12-14,16-17,19,22,26-27H,6-11,15,25H2,1-3H3. The van der Waals surface area contributed by atoms with Gasteiger partial charge >= 0.3 is 0 Å². The Morgan fingerprint density at radius 1 is 1.28 bits per heavy atom. The van der Waals surface area contributed by atoms with E-state index >= 15 is 0 Å². The van der Waals surface area contributed by atoms with Gasteiger partial charge in [-0.1, -0.05) is 0 Å². The van der Waals surface area contributed by atoms with Crippen LogP contribution in [0.5, 0.6) is 5.88 Å². The van der Waals surface area contributed by atoms with Crippen molar-refractivity contribution < 1.29 is 9.47 Å². The molecule has 1 unspecified atom stereocenters. The Hall–Kier alpha value is -2.42. The van der Waals surface area contributed by atoms with Crippen molar-refractivity contribution in [3.8, 4) is 5.88 Å². The van der Waals surface area contributed by atoms with Gasteiger partial charge in [0.2, 0.25) is 5.88 Å². The van der Waals surface area contributed by atoms with Crippen LogP contribution in [0.2, 0.25) is 0 Å². The van der Waals surface area contributed by atoms with Gasteiger partial charge in [0.25, 0.3) is 0 Å². The molecule has 0 radical (unpaired) electrons. The zero-order valence-electron chi connectivity index (χ0n) is 19.4. The molecule has 4 rings (SSSR count). The lowest BCUT2D eigenvalue weighted by Crippen LogP contribution is -2.55. The Morgan fingerprint density at radius 3 is 2.72 bits per heavy atom. The number of nitrogens with zero attached hydrogens (tertiary/aromatic N) is 3. The van der Waals surface area contributed by atoms with Crippen molar-refractivity contribution in [2.75, 3.05) is 45.6 Å². The molecule has 1 saturated heterocycles. The number of piperazine rings is 1. The highest BCUT2D eigenvalue weighted by Crippen LogP contribution is 2.30. The topological polar surface area (TPSA) is 99.7 Å². The molecule has 1 aromatic rings. The number of aromatic nitrogens is 1. The number of nitrogen functional groups attached to an aromatic ring is 1. The molecule has 1 saturated carbocycles. The average molecular weight is 441 g/mol. The lowest BCUT2D eigenvalue weighted by Gasteiger charge is -2.42. The van der Waals surface area contributed by atoms with E-state index in [4.69, 9.17) is 20.6 Å². The molecule has 0 bridgehead atoms. The number of allylic oxidation sites excluding steroid dienone is 2. The molecule has 4 N–H and O–H groups in total. The van der Waals surface area contributed by atoms with Gasteiger partial charge in [-0.3, -0.25) is 10.3 Å². The summed E-state index contributed by atoms with van der Waals surface area (Å²) in [7, 11) is 1.81. The number of pyridine rings is 1. The van der Waals surface area contributed by atoms with Crippen LogP contribution in [-0.4, -0.2) is 78.7 Å². The van der Waals surface area contributed by atoms with Crippen LogP contribution in [-0.2, 0) is 4.74 Å². The van der Waals surface area contributed by atoms with Gasteiger partial charge in [-0.05, 0) is 51.0 Å². The predicted octanol–water partition coefficient (Wildman–Crippen LogP) is 2.23. The normalized spacial score (nSPS) is 26.4. The Morgan fingerprint density at radius 2 is 2.03 bits per heavy atom. The molecule has 0 spiro atoms. The van der Waals surface area contributed by atoms with E-state index in [-0.39, 0.29) is 12.3 Å². The zero-order valence-corrected chi connectivity index (χ0v) is 19.4. The Balaban J connectivity index is 1.36. The van der Waals surface area contributed by atoms with Crippen LogP contribution in [0.15, 0.2) is 36.2 Å². The number of nitrogens with one attached hydrogen (secondary N) is 2. The van der Waals surface area contributed by atoms with Gasteiger partial charge in [0.1, 0.15) is 0 Å². The molecule has 2 fully saturated rings. The summed E-state index contributed by atoms with van der Waals surface area (Å²) < 4.78 is 11.1. The smallest absolute Gasteiger partial charge is 0.214 e. The largest absolute Gasteiger partial charge is 0.475 e. The van der Waals surface area contributed by atoms with Crippen LogP contribution < -0.4 is 15.8 Å². The van der Waals surface area contributed by atoms with Gasteiger partial charge < -0.3 is 25.4 Å². The van der Waals surface area contributed by atoms with Gasteiger partial charge in [-0.2, -0.15) is 0 Å². The van der Waals surface area contributed by atoms with Crippen molar-refractivity contribution in [2.45, 2.75) is 45.1 Å². The van der Waals surface area contributed by atoms with Gasteiger partial charge in [-0.25, -0.2) is 4.98 Å². The quantitative estimate of drug-likeness (QED) is 0.533. The SMILES string of the molecule is COC1CC(CN2CCN(C3C=C(C(=N)c4cc(OC(C)C)ncc4N)C=CN3)CC2)C1. The lowest BCUT2D eigenvalue weighted by atomic mass is 9.82. The van der Waals surface area contributed by atoms with E-state index in [0.717, 1.165) is 37.7 Å². The van der Waals surface area contributed by atoms with Crippen molar-refractivity contribution in [3.63, 3.8) is 0 Å². The summed E-state index contributed by atoms with van der Waals surface area (Å²) in [4.78, 5) is 9.24. The van der Waals surface area contributed by atoms with Crippen molar-refractivity contribution in [3.05, 3.63) is 41.8 Å². The van der Waals surface area contributed by atoms with Crippen LogP contribution >= 0.6 is 0 Å². The second-order valence-electron chi connectivity index (χ2n) is 9.25. The molecule has 3 heterocycles. The maximum Gasteiger partial charge on any atom is 0.214 e. The molecule has 32 heavy (non-hydrogen) atoms. The third kappa shape index (κ3) is 5.31. The van der Waals surface area contributed by atoms with Crippen LogP contribution in [0.1, 0.15) is 32.3 Å².